The average Bonchev–Trinajstić information content (AvgIpc) is 3.15. The Morgan fingerprint density at radius 1 is 1.17 bits per heavy atom. The summed E-state index contributed by atoms with van der Waals surface area (Å²) < 4.78 is 47.0. The summed E-state index contributed by atoms with van der Waals surface area (Å²) in [4.78, 5) is 4.60. The molecule has 0 aliphatic heterocycles. The molecular weight excluding hydrogens is 449 g/mol. The van der Waals surface area contributed by atoms with Crippen LogP contribution in [0.4, 0.5) is 19.0 Å². The lowest BCUT2D eigenvalue weighted by Gasteiger charge is -2.19. The Labute approximate surface area is 172 Å². The molecule has 4 aromatic rings. The third kappa shape index (κ3) is 3.62. The number of fused-ring (bicyclic) bond motifs is 3. The molecule has 0 bridgehead atoms. The second kappa shape index (κ2) is 7.22. The number of benzene rings is 2. The van der Waals surface area contributed by atoms with Crippen LogP contribution in [0.2, 0.25) is 0 Å². The maximum atomic E-state index is 13.1. The zero-order valence-corrected chi connectivity index (χ0v) is 17.0. The fourth-order valence-corrected chi connectivity index (χ4v) is 3.69. The minimum atomic E-state index is -4.39. The highest BCUT2D eigenvalue weighted by Gasteiger charge is 2.30. The normalized spacial score (nSPS) is 13.0. The first kappa shape index (κ1) is 19.5. The van der Waals surface area contributed by atoms with Crippen LogP contribution < -0.4 is 10.1 Å². The van der Waals surface area contributed by atoms with E-state index in [9.17, 15) is 13.2 Å². The van der Waals surface area contributed by atoms with Crippen molar-refractivity contribution in [3.63, 3.8) is 0 Å². The van der Waals surface area contributed by atoms with E-state index in [1.54, 1.807) is 36.9 Å². The van der Waals surface area contributed by atoms with Crippen LogP contribution in [0.1, 0.15) is 24.1 Å². The summed E-state index contributed by atoms with van der Waals surface area (Å²) in [7, 11) is 1.57. The molecule has 2 aromatic carbocycles. The predicted octanol–water partition coefficient (Wildman–Crippen LogP) is 5.85. The van der Waals surface area contributed by atoms with Gasteiger partial charge in [-0.05, 0) is 46.6 Å². The maximum absolute atomic E-state index is 13.1. The second-order valence-electron chi connectivity index (χ2n) is 6.55. The van der Waals surface area contributed by atoms with Crippen LogP contribution in [0.15, 0.2) is 53.1 Å². The maximum Gasteiger partial charge on any atom is 0.416 e. The SMILES string of the molecule is COc1cc2c(cc1Br)c(N[C@H](C)c1cccc(C(F)(F)F)c1)nc1ccnn12. The van der Waals surface area contributed by atoms with Crippen molar-refractivity contribution in [3.8, 4) is 5.75 Å². The van der Waals surface area contributed by atoms with Crippen LogP contribution in [-0.2, 0) is 6.18 Å². The minimum absolute atomic E-state index is 0.403. The van der Waals surface area contributed by atoms with Crippen molar-refractivity contribution < 1.29 is 17.9 Å². The first-order valence-electron chi connectivity index (χ1n) is 8.72. The van der Waals surface area contributed by atoms with Gasteiger partial charge in [0.2, 0.25) is 0 Å². The Hall–Kier alpha value is -2.81. The number of methoxy groups -OCH3 is 1. The topological polar surface area (TPSA) is 51.5 Å². The van der Waals surface area contributed by atoms with Crippen molar-refractivity contribution in [2.45, 2.75) is 19.1 Å². The summed E-state index contributed by atoms with van der Waals surface area (Å²) in [5.74, 6) is 1.18. The summed E-state index contributed by atoms with van der Waals surface area (Å²) in [6.07, 6.45) is -2.76. The van der Waals surface area contributed by atoms with E-state index < -0.39 is 17.8 Å². The van der Waals surface area contributed by atoms with Gasteiger partial charge in [0.1, 0.15) is 11.6 Å². The van der Waals surface area contributed by atoms with Gasteiger partial charge in [-0.3, -0.25) is 0 Å². The molecule has 150 valence electrons. The van der Waals surface area contributed by atoms with E-state index in [0.717, 1.165) is 27.5 Å². The fourth-order valence-electron chi connectivity index (χ4n) is 3.19. The van der Waals surface area contributed by atoms with Crippen LogP contribution in [0.3, 0.4) is 0 Å². The van der Waals surface area contributed by atoms with Crippen LogP contribution in [-0.4, -0.2) is 21.7 Å². The lowest BCUT2D eigenvalue weighted by molar-refractivity contribution is -0.137. The molecule has 5 nitrogen and oxygen atoms in total. The number of aromatic nitrogens is 3. The Balaban J connectivity index is 1.80. The molecule has 1 N–H and O–H groups in total. The van der Waals surface area contributed by atoms with E-state index in [2.05, 4.69) is 31.3 Å². The van der Waals surface area contributed by atoms with Gasteiger partial charge < -0.3 is 10.1 Å². The van der Waals surface area contributed by atoms with E-state index in [0.29, 0.717) is 22.8 Å². The summed E-state index contributed by atoms with van der Waals surface area (Å²) in [6.45, 7) is 1.79. The second-order valence-corrected chi connectivity index (χ2v) is 7.41. The minimum Gasteiger partial charge on any atom is -0.495 e. The van der Waals surface area contributed by atoms with Gasteiger partial charge in [-0.25, -0.2) is 9.50 Å². The lowest BCUT2D eigenvalue weighted by atomic mass is 10.0. The van der Waals surface area contributed by atoms with Gasteiger partial charge in [0.05, 0.1) is 28.9 Å². The van der Waals surface area contributed by atoms with Gasteiger partial charge in [-0.2, -0.15) is 18.3 Å². The van der Waals surface area contributed by atoms with Crippen molar-refractivity contribution in [3.05, 3.63) is 64.3 Å². The number of halogens is 4. The Morgan fingerprint density at radius 2 is 1.97 bits per heavy atom. The summed E-state index contributed by atoms with van der Waals surface area (Å²) in [6, 6.07) is 10.3. The van der Waals surface area contributed by atoms with E-state index >= 15 is 0 Å². The monoisotopic (exact) mass is 464 g/mol. The van der Waals surface area contributed by atoms with E-state index in [1.165, 1.54) is 6.07 Å². The highest BCUT2D eigenvalue weighted by molar-refractivity contribution is 9.10. The molecule has 0 unspecified atom stereocenters. The largest absolute Gasteiger partial charge is 0.495 e. The van der Waals surface area contributed by atoms with Crippen molar-refractivity contribution in [1.29, 1.82) is 0 Å². The molecule has 0 amide bonds. The number of rotatable bonds is 4. The standard InChI is InChI=1S/C20H16BrF3N4O/c1-11(12-4-3-5-13(8-12)20(22,23)24)26-19-14-9-15(21)17(29-2)10-16(14)28-18(27-19)6-7-25-28/h3-11H,1-2H3,(H,26,27)/t11-/m1/s1. The lowest BCUT2D eigenvalue weighted by Crippen LogP contribution is -2.12. The molecule has 2 aromatic heterocycles. The highest BCUT2D eigenvalue weighted by Crippen LogP contribution is 2.35. The summed E-state index contributed by atoms with van der Waals surface area (Å²) >= 11 is 3.47. The molecule has 2 heterocycles. The smallest absolute Gasteiger partial charge is 0.416 e. The van der Waals surface area contributed by atoms with Gasteiger partial charge in [-0.1, -0.05) is 12.1 Å². The molecule has 0 saturated carbocycles. The van der Waals surface area contributed by atoms with E-state index in [4.69, 9.17) is 4.74 Å². The van der Waals surface area contributed by atoms with Gasteiger partial charge in [0.25, 0.3) is 0 Å². The van der Waals surface area contributed by atoms with Crippen molar-refractivity contribution in [2.24, 2.45) is 0 Å². The van der Waals surface area contributed by atoms with E-state index in [1.807, 2.05) is 12.1 Å². The van der Waals surface area contributed by atoms with E-state index in [-0.39, 0.29) is 0 Å². The highest BCUT2D eigenvalue weighted by atomic mass is 79.9. The molecule has 0 fully saturated rings. The molecule has 0 spiro atoms. The molecule has 0 saturated heterocycles. The van der Waals surface area contributed by atoms with Gasteiger partial charge in [0, 0.05) is 23.6 Å². The van der Waals surface area contributed by atoms with Crippen molar-refractivity contribution >= 4 is 38.3 Å². The fraction of sp³-hybridized carbons (Fsp3) is 0.200. The van der Waals surface area contributed by atoms with Crippen molar-refractivity contribution in [2.75, 3.05) is 12.4 Å². The zero-order valence-electron chi connectivity index (χ0n) is 15.5. The number of anilines is 1. The molecule has 0 radical (unpaired) electrons. The van der Waals surface area contributed by atoms with Crippen LogP contribution in [0.25, 0.3) is 16.6 Å². The average molecular weight is 465 g/mol. The summed E-state index contributed by atoms with van der Waals surface area (Å²) in [5, 5.41) is 8.30. The van der Waals surface area contributed by atoms with Crippen LogP contribution in [0.5, 0.6) is 5.75 Å². The Morgan fingerprint density at radius 3 is 2.69 bits per heavy atom. The van der Waals surface area contributed by atoms with Gasteiger partial charge >= 0.3 is 6.18 Å². The number of hydrogen-bond acceptors (Lipinski definition) is 4. The molecule has 1 atom stereocenters. The molecule has 4 rings (SSSR count). The van der Waals surface area contributed by atoms with Crippen molar-refractivity contribution in [1.82, 2.24) is 14.6 Å². The van der Waals surface area contributed by atoms with Gasteiger partial charge in [0.15, 0.2) is 5.65 Å². The number of alkyl halides is 3. The summed E-state index contributed by atoms with van der Waals surface area (Å²) in [5.41, 5.74) is 1.20. The Kier molecular flexibility index (Phi) is 4.85. The van der Waals surface area contributed by atoms with Gasteiger partial charge in [-0.15, -0.1) is 0 Å². The molecule has 29 heavy (non-hydrogen) atoms. The third-order valence-corrected chi connectivity index (χ3v) is 5.29. The number of nitrogens with zero attached hydrogens (tertiary/aromatic N) is 3. The molecular formula is C20H16BrF3N4O. The first-order chi connectivity index (χ1) is 13.8. The van der Waals surface area contributed by atoms with Crippen LogP contribution >= 0.6 is 15.9 Å². The first-order valence-corrected chi connectivity index (χ1v) is 9.52. The third-order valence-electron chi connectivity index (χ3n) is 4.67. The number of ether oxygens (including phenoxy) is 1. The number of hydrogen-bond donors (Lipinski definition) is 1. The zero-order chi connectivity index (χ0) is 20.8. The molecule has 0 aliphatic rings. The molecule has 0 aliphatic carbocycles. The molecule has 9 heteroatoms. The quantitative estimate of drug-likeness (QED) is 0.411. The number of nitrogens with one attached hydrogen (secondary N) is 1. The predicted molar refractivity (Wildman–Crippen MR) is 108 cm³/mol. The van der Waals surface area contributed by atoms with Crippen LogP contribution in [0, 0.1) is 0 Å². The Bertz CT molecular complexity index is 1210.